The number of likely N-dealkylation sites (N-methyl/N-ethyl adjacent to an activating group) is 1. The Morgan fingerprint density at radius 1 is 1.21 bits per heavy atom. The highest BCUT2D eigenvalue weighted by atomic mass is 35.5. The van der Waals surface area contributed by atoms with Gasteiger partial charge in [0.2, 0.25) is 10.0 Å². The topological polar surface area (TPSA) is 70.5 Å². The van der Waals surface area contributed by atoms with E-state index in [0.717, 1.165) is 26.2 Å². The molecule has 1 aliphatic rings. The molecule has 0 spiro atoms. The molecule has 1 saturated heterocycles. The third-order valence-electron chi connectivity index (χ3n) is 4.63. The van der Waals surface area contributed by atoms with Crippen LogP contribution >= 0.6 is 11.6 Å². The van der Waals surface area contributed by atoms with E-state index in [1.54, 1.807) is 14.0 Å². The van der Waals surface area contributed by atoms with Gasteiger partial charge < -0.3 is 4.90 Å². The van der Waals surface area contributed by atoms with Gasteiger partial charge >= 0.3 is 0 Å². The molecule has 9 heteroatoms. The molecule has 0 aliphatic carbocycles. The Labute approximate surface area is 150 Å². The lowest BCUT2D eigenvalue weighted by atomic mass is 10.0. The maximum Gasteiger partial charge on any atom is 0.245 e. The molecule has 7 nitrogen and oxygen atoms in total. The van der Waals surface area contributed by atoms with Crippen LogP contribution in [0.5, 0.6) is 0 Å². The highest BCUT2D eigenvalue weighted by Gasteiger charge is 2.29. The van der Waals surface area contributed by atoms with Gasteiger partial charge in [0, 0.05) is 45.8 Å². The molecule has 0 radical (unpaired) electrons. The summed E-state index contributed by atoms with van der Waals surface area (Å²) in [6.07, 6.45) is 0. The summed E-state index contributed by atoms with van der Waals surface area (Å²) in [4.78, 5) is 4.73. The predicted molar refractivity (Wildman–Crippen MR) is 95.8 cm³/mol. The zero-order valence-corrected chi connectivity index (χ0v) is 16.7. The van der Waals surface area contributed by atoms with Gasteiger partial charge in [0.15, 0.2) is 0 Å². The number of sulfonamides is 1. The van der Waals surface area contributed by atoms with Gasteiger partial charge in [-0.1, -0.05) is 25.4 Å². The first-order chi connectivity index (χ1) is 11.1. The zero-order chi connectivity index (χ0) is 18.1. The maximum atomic E-state index is 12.7. The summed E-state index contributed by atoms with van der Waals surface area (Å²) < 4.78 is 29.5. The third kappa shape index (κ3) is 4.29. The van der Waals surface area contributed by atoms with Crippen molar-refractivity contribution in [3.63, 3.8) is 0 Å². The van der Waals surface area contributed by atoms with E-state index in [9.17, 15) is 8.42 Å². The summed E-state index contributed by atoms with van der Waals surface area (Å²) in [5, 5.41) is 4.23. The molecular weight excluding hydrogens is 350 g/mol. The van der Waals surface area contributed by atoms with Crippen LogP contribution in [0, 0.1) is 12.8 Å². The number of hydrogen-bond donors (Lipinski definition) is 1. The van der Waals surface area contributed by atoms with Crippen LogP contribution in [0.25, 0.3) is 0 Å². The van der Waals surface area contributed by atoms with Crippen LogP contribution in [0.2, 0.25) is 5.15 Å². The monoisotopic (exact) mass is 377 g/mol. The largest absolute Gasteiger partial charge is 0.304 e. The second-order valence-electron chi connectivity index (χ2n) is 6.83. The van der Waals surface area contributed by atoms with Gasteiger partial charge in [-0.25, -0.2) is 13.1 Å². The molecular formula is C15H28ClN5O2S. The standard InChI is InChI=1S/C15H28ClN5O2S/c1-11(2)13(21-8-6-19(4)7-9-21)10-17-24(22,23)14-12(3)18-20(5)15(14)16/h11,13,17H,6-10H2,1-5H3. The van der Waals surface area contributed by atoms with Crippen LogP contribution in [0.15, 0.2) is 4.90 Å². The number of halogens is 1. The van der Waals surface area contributed by atoms with Crippen molar-refractivity contribution in [3.8, 4) is 0 Å². The Morgan fingerprint density at radius 3 is 2.25 bits per heavy atom. The molecule has 1 N–H and O–H groups in total. The van der Waals surface area contributed by atoms with Crippen molar-refractivity contribution >= 4 is 21.6 Å². The van der Waals surface area contributed by atoms with Crippen molar-refractivity contribution in [1.29, 1.82) is 0 Å². The molecule has 138 valence electrons. The van der Waals surface area contributed by atoms with E-state index in [-0.39, 0.29) is 16.1 Å². The second kappa shape index (κ2) is 7.70. The number of hydrogen-bond acceptors (Lipinski definition) is 5. The van der Waals surface area contributed by atoms with Crippen LogP contribution in [-0.2, 0) is 17.1 Å². The zero-order valence-electron chi connectivity index (χ0n) is 15.1. The van der Waals surface area contributed by atoms with Crippen LogP contribution in [0.1, 0.15) is 19.5 Å². The molecule has 1 unspecified atom stereocenters. The SMILES string of the molecule is Cc1nn(C)c(Cl)c1S(=O)(=O)NCC(C(C)C)N1CCN(C)CC1. The molecule has 0 amide bonds. The molecule has 0 bridgehead atoms. The maximum absolute atomic E-state index is 12.7. The van der Waals surface area contributed by atoms with Crippen molar-refractivity contribution in [2.45, 2.75) is 31.7 Å². The summed E-state index contributed by atoms with van der Waals surface area (Å²) in [5.74, 6) is 0.349. The number of nitrogens with zero attached hydrogens (tertiary/aromatic N) is 4. The van der Waals surface area contributed by atoms with E-state index in [1.165, 1.54) is 4.68 Å². The lowest BCUT2D eigenvalue weighted by Gasteiger charge is -2.39. The third-order valence-corrected chi connectivity index (χ3v) is 6.75. The van der Waals surface area contributed by atoms with E-state index < -0.39 is 10.0 Å². The number of aromatic nitrogens is 2. The van der Waals surface area contributed by atoms with Gasteiger partial charge in [-0.05, 0) is 19.9 Å². The quantitative estimate of drug-likeness (QED) is 0.798. The highest BCUT2D eigenvalue weighted by Crippen LogP contribution is 2.24. The average Bonchev–Trinajstić information content (AvgIpc) is 2.74. The Balaban J connectivity index is 2.11. The molecule has 1 fully saturated rings. The van der Waals surface area contributed by atoms with Crippen molar-refractivity contribution in [1.82, 2.24) is 24.3 Å². The fourth-order valence-corrected chi connectivity index (χ4v) is 4.92. The highest BCUT2D eigenvalue weighted by molar-refractivity contribution is 7.89. The van der Waals surface area contributed by atoms with Crippen molar-refractivity contribution in [2.75, 3.05) is 39.8 Å². The minimum absolute atomic E-state index is 0.0764. The summed E-state index contributed by atoms with van der Waals surface area (Å²) in [7, 11) is 0.0620. The van der Waals surface area contributed by atoms with E-state index >= 15 is 0 Å². The lowest BCUT2D eigenvalue weighted by Crippen LogP contribution is -2.54. The molecule has 24 heavy (non-hydrogen) atoms. The van der Waals surface area contributed by atoms with Gasteiger partial charge in [0.1, 0.15) is 10.0 Å². The molecule has 1 aromatic heterocycles. The van der Waals surface area contributed by atoms with Gasteiger partial charge in [-0.15, -0.1) is 0 Å². The van der Waals surface area contributed by atoms with Crippen LogP contribution < -0.4 is 4.72 Å². The lowest BCUT2D eigenvalue weighted by molar-refractivity contribution is 0.0905. The van der Waals surface area contributed by atoms with Crippen LogP contribution in [-0.4, -0.2) is 73.8 Å². The van der Waals surface area contributed by atoms with Crippen molar-refractivity contribution < 1.29 is 8.42 Å². The minimum atomic E-state index is -3.68. The van der Waals surface area contributed by atoms with E-state index in [0.29, 0.717) is 18.2 Å². The van der Waals surface area contributed by atoms with Gasteiger partial charge in [0.05, 0.1) is 5.69 Å². The fraction of sp³-hybridized carbons (Fsp3) is 0.800. The number of piperazine rings is 1. The first-order valence-corrected chi connectivity index (χ1v) is 10.1. The molecule has 1 aliphatic heterocycles. The summed E-state index contributed by atoms with van der Waals surface area (Å²) in [6.45, 7) is 10.2. The molecule has 2 rings (SSSR count). The molecule has 0 saturated carbocycles. The molecule has 1 atom stereocenters. The van der Waals surface area contributed by atoms with E-state index in [4.69, 9.17) is 11.6 Å². The van der Waals surface area contributed by atoms with Crippen molar-refractivity contribution in [3.05, 3.63) is 10.8 Å². The number of nitrogens with one attached hydrogen (secondary N) is 1. The minimum Gasteiger partial charge on any atom is -0.304 e. The fourth-order valence-electron chi connectivity index (χ4n) is 3.12. The smallest absolute Gasteiger partial charge is 0.245 e. The van der Waals surface area contributed by atoms with E-state index in [2.05, 4.69) is 40.5 Å². The summed E-state index contributed by atoms with van der Waals surface area (Å²) >= 11 is 6.11. The molecule has 1 aromatic rings. The Kier molecular flexibility index (Phi) is 6.30. The number of aryl methyl sites for hydroxylation is 2. The number of rotatable bonds is 6. The van der Waals surface area contributed by atoms with Crippen LogP contribution in [0.4, 0.5) is 0 Å². The summed E-state index contributed by atoms with van der Waals surface area (Å²) in [5.41, 5.74) is 0.413. The van der Waals surface area contributed by atoms with Crippen molar-refractivity contribution in [2.24, 2.45) is 13.0 Å². The predicted octanol–water partition coefficient (Wildman–Crippen LogP) is 0.932. The normalized spacial score (nSPS) is 19.1. The molecule has 2 heterocycles. The van der Waals surface area contributed by atoms with Gasteiger partial charge in [-0.3, -0.25) is 9.58 Å². The van der Waals surface area contributed by atoms with Gasteiger partial charge in [-0.2, -0.15) is 5.10 Å². The summed E-state index contributed by atoms with van der Waals surface area (Å²) in [6, 6.07) is 0.157. The average molecular weight is 378 g/mol. The first-order valence-electron chi connectivity index (χ1n) is 8.25. The van der Waals surface area contributed by atoms with Gasteiger partial charge in [0.25, 0.3) is 0 Å². The first kappa shape index (κ1) is 19.7. The van der Waals surface area contributed by atoms with Crippen LogP contribution in [0.3, 0.4) is 0 Å². The molecule has 0 aromatic carbocycles. The Morgan fingerprint density at radius 2 is 1.79 bits per heavy atom. The van der Waals surface area contributed by atoms with E-state index in [1.807, 2.05) is 0 Å². The second-order valence-corrected chi connectivity index (χ2v) is 8.89. The Bertz CT molecular complexity index is 666. The Hall–Kier alpha value is -0.670.